The number of thiophene rings is 1. The number of carbonyl (C=O) groups excluding carboxylic acids is 1. The van der Waals surface area contributed by atoms with Crippen molar-refractivity contribution in [2.45, 2.75) is 64.2 Å². The van der Waals surface area contributed by atoms with Gasteiger partial charge < -0.3 is 25.2 Å². The van der Waals surface area contributed by atoms with Crippen molar-refractivity contribution in [2.24, 2.45) is 5.92 Å². The van der Waals surface area contributed by atoms with Gasteiger partial charge >= 0.3 is 6.09 Å². The monoisotopic (exact) mass is 520 g/mol. The molecule has 7 heteroatoms. The molecule has 0 radical (unpaired) electrons. The molecule has 2 unspecified atom stereocenters. The van der Waals surface area contributed by atoms with E-state index in [1.807, 2.05) is 38.3 Å². The molecule has 0 spiro atoms. The molecule has 1 fully saturated rings. The maximum Gasteiger partial charge on any atom is 0.407 e. The van der Waals surface area contributed by atoms with Crippen molar-refractivity contribution in [3.05, 3.63) is 58.3 Å². The van der Waals surface area contributed by atoms with E-state index < -0.39 is 11.8 Å². The van der Waals surface area contributed by atoms with E-state index in [9.17, 15) is 9.90 Å². The molecule has 1 saturated carbocycles. The maximum atomic E-state index is 12.4. The van der Waals surface area contributed by atoms with Crippen LogP contribution >= 0.6 is 11.3 Å². The minimum absolute atomic E-state index is 0.232. The second-order valence-corrected chi connectivity index (χ2v) is 11.9. The number of ether oxygens (including phenoxy) is 2. The average molecular weight is 521 g/mol. The van der Waals surface area contributed by atoms with Gasteiger partial charge in [-0.1, -0.05) is 37.1 Å². The van der Waals surface area contributed by atoms with Gasteiger partial charge in [-0.3, -0.25) is 0 Å². The van der Waals surface area contributed by atoms with Crippen LogP contribution in [0.3, 0.4) is 0 Å². The van der Waals surface area contributed by atoms with Crippen LogP contribution in [0.2, 0.25) is 0 Å². The van der Waals surface area contributed by atoms with Gasteiger partial charge in [0.15, 0.2) is 6.23 Å². The van der Waals surface area contributed by atoms with Crippen molar-refractivity contribution >= 4 is 23.1 Å². The van der Waals surface area contributed by atoms with Crippen LogP contribution in [0.5, 0.6) is 5.75 Å². The lowest BCUT2D eigenvalue weighted by Gasteiger charge is -2.28. The number of aliphatic hydroxyl groups is 1. The first-order valence-corrected chi connectivity index (χ1v) is 13.9. The molecule has 2 heterocycles. The number of amides is 1. The number of carbonyl (C=O) groups is 1. The summed E-state index contributed by atoms with van der Waals surface area (Å²) in [4.78, 5) is 13.3. The summed E-state index contributed by atoms with van der Waals surface area (Å²) in [5.74, 6) is 1.57. The Bertz CT molecular complexity index is 1260. The molecule has 196 valence electrons. The Kier molecular flexibility index (Phi) is 7.19. The molecule has 1 aliphatic carbocycles. The quantitative estimate of drug-likeness (QED) is 0.318. The van der Waals surface area contributed by atoms with E-state index in [1.54, 1.807) is 18.4 Å². The van der Waals surface area contributed by atoms with E-state index in [4.69, 9.17) is 9.47 Å². The SMILES string of the molecule is COc1ccc2c(c1-c1ccc(C(CNC(=O)OC(C)(C)C)C3CCCC3)cc1)-c1ccsc1C(O)N2. The average Bonchev–Trinajstić information content (AvgIpc) is 3.56. The van der Waals surface area contributed by atoms with Crippen LogP contribution in [0, 0.1) is 5.92 Å². The molecule has 3 aromatic rings. The lowest BCUT2D eigenvalue weighted by molar-refractivity contribution is 0.0521. The second-order valence-electron chi connectivity index (χ2n) is 11.0. The third-order valence-corrected chi connectivity index (χ3v) is 8.32. The van der Waals surface area contributed by atoms with Gasteiger partial charge in [0.05, 0.1) is 12.0 Å². The zero-order valence-corrected chi connectivity index (χ0v) is 22.8. The van der Waals surface area contributed by atoms with E-state index >= 15 is 0 Å². The number of aliphatic hydroxyl groups excluding tert-OH is 1. The maximum absolute atomic E-state index is 12.4. The second kappa shape index (κ2) is 10.4. The van der Waals surface area contributed by atoms with E-state index in [1.165, 1.54) is 31.2 Å². The Morgan fingerprint density at radius 3 is 2.51 bits per heavy atom. The Hall–Kier alpha value is -3.03. The molecule has 5 rings (SSSR count). The van der Waals surface area contributed by atoms with E-state index in [2.05, 4.69) is 41.0 Å². The first kappa shape index (κ1) is 25.6. The van der Waals surface area contributed by atoms with E-state index in [0.29, 0.717) is 12.5 Å². The number of hydrogen-bond acceptors (Lipinski definition) is 6. The van der Waals surface area contributed by atoms with Crippen LogP contribution in [0.15, 0.2) is 47.8 Å². The molecule has 6 nitrogen and oxygen atoms in total. The highest BCUT2D eigenvalue weighted by Crippen LogP contribution is 2.50. The van der Waals surface area contributed by atoms with Gasteiger partial charge in [0.25, 0.3) is 0 Å². The molecule has 0 bridgehead atoms. The van der Waals surface area contributed by atoms with Crippen molar-refractivity contribution < 1.29 is 19.4 Å². The summed E-state index contributed by atoms with van der Waals surface area (Å²) in [6.45, 7) is 6.20. The van der Waals surface area contributed by atoms with Crippen molar-refractivity contribution in [2.75, 3.05) is 19.0 Å². The minimum Gasteiger partial charge on any atom is -0.496 e. The molecule has 1 aliphatic heterocycles. The molecule has 2 atom stereocenters. The molecular formula is C30H36N2O4S. The molecule has 37 heavy (non-hydrogen) atoms. The zero-order chi connectivity index (χ0) is 26.2. The Labute approximate surface area is 223 Å². The van der Waals surface area contributed by atoms with Crippen LogP contribution in [-0.2, 0) is 4.74 Å². The highest BCUT2D eigenvalue weighted by Gasteiger charge is 2.30. The molecule has 3 N–H and O–H groups in total. The van der Waals surface area contributed by atoms with Crippen molar-refractivity contribution in [1.82, 2.24) is 5.32 Å². The summed E-state index contributed by atoms with van der Waals surface area (Å²) in [7, 11) is 1.69. The van der Waals surface area contributed by atoms with Crippen molar-refractivity contribution in [3.63, 3.8) is 0 Å². The van der Waals surface area contributed by atoms with Gasteiger partial charge in [-0.05, 0) is 74.2 Å². The van der Waals surface area contributed by atoms with Gasteiger partial charge in [-0.15, -0.1) is 11.3 Å². The smallest absolute Gasteiger partial charge is 0.407 e. The van der Waals surface area contributed by atoms with Crippen LogP contribution in [0.25, 0.3) is 22.3 Å². The van der Waals surface area contributed by atoms with E-state index in [0.717, 1.165) is 38.6 Å². The standard InChI is InChI=1S/C30H36N2O4S/c1-30(2,3)36-29(34)31-17-22(18-7-5-6-8-18)19-9-11-20(12-10-19)25-24(35-4)14-13-23-26(25)21-15-16-37-27(21)28(33)32-23/h9-16,18,22,28,32-33H,5-8,17H2,1-4H3,(H,31,34). The third kappa shape index (κ3) is 5.34. The van der Waals surface area contributed by atoms with Gasteiger partial charge in [0.1, 0.15) is 11.4 Å². The minimum atomic E-state index is -0.712. The van der Waals surface area contributed by atoms with Crippen LogP contribution < -0.4 is 15.4 Å². The first-order chi connectivity index (χ1) is 17.7. The number of benzene rings is 2. The van der Waals surface area contributed by atoms with Crippen LogP contribution in [-0.4, -0.2) is 30.5 Å². The third-order valence-electron chi connectivity index (χ3n) is 7.35. The molecule has 0 saturated heterocycles. The summed E-state index contributed by atoms with van der Waals surface area (Å²) >= 11 is 1.55. The molecule has 1 amide bonds. The fourth-order valence-electron chi connectivity index (χ4n) is 5.71. The van der Waals surface area contributed by atoms with Gasteiger partial charge in [0, 0.05) is 34.8 Å². The van der Waals surface area contributed by atoms with Crippen LogP contribution in [0.1, 0.15) is 69.0 Å². The topological polar surface area (TPSA) is 79.8 Å². The predicted octanol–water partition coefficient (Wildman–Crippen LogP) is 7.31. The first-order valence-electron chi connectivity index (χ1n) is 13.1. The molecule has 2 aromatic carbocycles. The number of anilines is 1. The van der Waals surface area contributed by atoms with Gasteiger partial charge in [-0.25, -0.2) is 4.79 Å². The molecule has 2 aliphatic rings. The Morgan fingerprint density at radius 2 is 1.84 bits per heavy atom. The number of methoxy groups -OCH3 is 1. The number of nitrogens with one attached hydrogen (secondary N) is 2. The Morgan fingerprint density at radius 1 is 1.11 bits per heavy atom. The summed E-state index contributed by atoms with van der Waals surface area (Å²) in [6, 6.07) is 14.7. The highest BCUT2D eigenvalue weighted by molar-refractivity contribution is 7.10. The fourth-order valence-corrected chi connectivity index (χ4v) is 6.55. The number of rotatable bonds is 6. The molecular weight excluding hydrogens is 484 g/mol. The largest absolute Gasteiger partial charge is 0.496 e. The van der Waals surface area contributed by atoms with Gasteiger partial charge in [0.2, 0.25) is 0 Å². The summed E-state index contributed by atoms with van der Waals surface area (Å²) < 4.78 is 11.3. The zero-order valence-electron chi connectivity index (χ0n) is 22.0. The Balaban J connectivity index is 1.46. The fraction of sp³-hybridized carbons (Fsp3) is 0.433. The number of alkyl carbamates (subject to hydrolysis) is 1. The lowest BCUT2D eigenvalue weighted by atomic mass is 9.83. The summed E-state index contributed by atoms with van der Waals surface area (Å²) in [6.07, 6.45) is 3.75. The summed E-state index contributed by atoms with van der Waals surface area (Å²) in [5, 5.41) is 18.8. The van der Waals surface area contributed by atoms with E-state index in [-0.39, 0.29) is 12.0 Å². The highest BCUT2D eigenvalue weighted by atomic mass is 32.1. The lowest BCUT2D eigenvalue weighted by Crippen LogP contribution is -2.36. The van der Waals surface area contributed by atoms with Crippen molar-refractivity contribution in [3.8, 4) is 28.0 Å². The number of fused-ring (bicyclic) bond motifs is 3. The number of hydrogen-bond donors (Lipinski definition) is 3. The van der Waals surface area contributed by atoms with Crippen LogP contribution in [0.4, 0.5) is 10.5 Å². The normalized spacial score (nSPS) is 17.9. The van der Waals surface area contributed by atoms with Crippen molar-refractivity contribution in [1.29, 1.82) is 0 Å². The summed E-state index contributed by atoms with van der Waals surface area (Å²) in [5.41, 5.74) is 5.74. The predicted molar refractivity (Wildman–Crippen MR) is 149 cm³/mol. The van der Waals surface area contributed by atoms with Gasteiger partial charge in [-0.2, -0.15) is 0 Å². The molecule has 1 aromatic heterocycles.